The number of aromatic amines is 1. The van der Waals surface area contributed by atoms with Gasteiger partial charge in [0.15, 0.2) is 5.69 Å². The van der Waals surface area contributed by atoms with Gasteiger partial charge in [-0.05, 0) is 30.4 Å². The third kappa shape index (κ3) is 5.06. The molecule has 0 amide bonds. The summed E-state index contributed by atoms with van der Waals surface area (Å²) in [4.78, 5) is 12.4. The van der Waals surface area contributed by atoms with Gasteiger partial charge < -0.3 is 15.8 Å². The first-order valence-corrected chi connectivity index (χ1v) is 7.99. The molecule has 25 heavy (non-hydrogen) atoms. The molecule has 0 radical (unpaired) electrons. The highest BCUT2D eigenvalue weighted by atomic mass is 79.9. The number of hydrogen-bond acceptors (Lipinski definition) is 5. The molecule has 0 unspecified atom stereocenters. The fourth-order valence-electron chi connectivity index (χ4n) is 1.89. The highest BCUT2D eigenvalue weighted by Gasteiger charge is 2.10. The van der Waals surface area contributed by atoms with Crippen molar-refractivity contribution >= 4 is 55.5 Å². The SMILES string of the molecule is NC(=S)N=Nc1c(O)[nH]c2ccc(Br)cc12.O=[N+]([O-])c1ccccc1. The number of nitrogens with two attached hydrogens (primary N) is 1. The Kier molecular flexibility index (Phi) is 6.14. The molecule has 0 aliphatic carbocycles. The maximum atomic E-state index is 10.0. The third-order valence-corrected chi connectivity index (χ3v) is 3.50. The number of aromatic nitrogens is 1. The number of nitrogens with one attached hydrogen (secondary N) is 1. The van der Waals surface area contributed by atoms with Crippen LogP contribution >= 0.6 is 28.1 Å². The number of rotatable bonds is 2. The molecule has 0 saturated carbocycles. The number of fused-ring (bicyclic) bond motifs is 1. The van der Waals surface area contributed by atoms with E-state index in [1.165, 1.54) is 12.1 Å². The van der Waals surface area contributed by atoms with Gasteiger partial charge in [0.25, 0.3) is 5.69 Å². The summed E-state index contributed by atoms with van der Waals surface area (Å²) in [5.74, 6) is -0.0619. The van der Waals surface area contributed by atoms with Crippen molar-refractivity contribution in [3.8, 4) is 5.88 Å². The van der Waals surface area contributed by atoms with Crippen molar-refractivity contribution in [3.05, 3.63) is 63.1 Å². The van der Waals surface area contributed by atoms with Gasteiger partial charge in [0.05, 0.1) is 10.4 Å². The maximum absolute atomic E-state index is 10.0. The molecule has 2 aromatic carbocycles. The van der Waals surface area contributed by atoms with E-state index in [2.05, 4.69) is 43.4 Å². The second kappa shape index (κ2) is 8.31. The Morgan fingerprint density at radius 3 is 2.52 bits per heavy atom. The Morgan fingerprint density at radius 1 is 1.28 bits per heavy atom. The molecule has 128 valence electrons. The van der Waals surface area contributed by atoms with Crippen LogP contribution < -0.4 is 5.73 Å². The van der Waals surface area contributed by atoms with Crippen LogP contribution in [-0.2, 0) is 0 Å². The molecule has 0 bridgehead atoms. The number of azo groups is 1. The number of benzene rings is 2. The summed E-state index contributed by atoms with van der Waals surface area (Å²) in [5.41, 5.74) is 6.42. The third-order valence-electron chi connectivity index (χ3n) is 2.93. The number of nitrogens with zero attached hydrogens (tertiary/aromatic N) is 3. The molecule has 0 saturated heterocycles. The maximum Gasteiger partial charge on any atom is 0.269 e. The minimum Gasteiger partial charge on any atom is -0.493 e. The Hall–Kier alpha value is -2.85. The number of aromatic hydroxyl groups is 1. The van der Waals surface area contributed by atoms with Crippen molar-refractivity contribution in [2.45, 2.75) is 0 Å². The molecule has 4 N–H and O–H groups in total. The summed E-state index contributed by atoms with van der Waals surface area (Å²) < 4.78 is 0.880. The largest absolute Gasteiger partial charge is 0.493 e. The van der Waals surface area contributed by atoms with E-state index in [-0.39, 0.29) is 16.7 Å². The molecule has 0 aliphatic heterocycles. The molecule has 0 aliphatic rings. The van der Waals surface area contributed by atoms with Crippen molar-refractivity contribution in [3.63, 3.8) is 0 Å². The number of para-hydroxylation sites is 1. The molecule has 0 atom stereocenters. The highest BCUT2D eigenvalue weighted by molar-refractivity contribution is 9.10. The number of hydrogen-bond donors (Lipinski definition) is 3. The van der Waals surface area contributed by atoms with E-state index >= 15 is 0 Å². The number of thiocarbonyl (C=S) groups is 1. The average molecular weight is 422 g/mol. The minimum atomic E-state index is -0.417. The van der Waals surface area contributed by atoms with Crippen molar-refractivity contribution in [1.82, 2.24) is 4.98 Å². The molecule has 0 spiro atoms. The molecular formula is C15H12BrN5O3S. The second-order valence-corrected chi connectivity index (χ2v) is 5.98. The normalized spacial score (nSPS) is 10.4. The number of non-ortho nitro benzene ring substituents is 1. The van der Waals surface area contributed by atoms with E-state index in [4.69, 9.17) is 5.73 Å². The number of nitro groups is 1. The smallest absolute Gasteiger partial charge is 0.269 e. The van der Waals surface area contributed by atoms with Crippen LogP contribution in [0.15, 0.2) is 63.2 Å². The van der Waals surface area contributed by atoms with Gasteiger partial charge in [0.2, 0.25) is 11.0 Å². The van der Waals surface area contributed by atoms with E-state index in [1.807, 2.05) is 18.2 Å². The fourth-order valence-corrected chi connectivity index (χ4v) is 2.29. The monoisotopic (exact) mass is 421 g/mol. The lowest BCUT2D eigenvalue weighted by atomic mass is 10.2. The quantitative estimate of drug-likeness (QED) is 0.241. The van der Waals surface area contributed by atoms with Gasteiger partial charge in [-0.2, -0.15) is 0 Å². The Bertz CT molecular complexity index is 943. The summed E-state index contributed by atoms with van der Waals surface area (Å²) in [6.45, 7) is 0. The topological polar surface area (TPSA) is 130 Å². The zero-order chi connectivity index (χ0) is 18.4. The van der Waals surface area contributed by atoms with Crippen molar-refractivity contribution in [1.29, 1.82) is 0 Å². The molecule has 3 rings (SSSR count). The van der Waals surface area contributed by atoms with Crippen molar-refractivity contribution in [2.75, 3.05) is 0 Å². The van der Waals surface area contributed by atoms with Crippen LogP contribution in [0.5, 0.6) is 5.88 Å². The van der Waals surface area contributed by atoms with E-state index in [0.717, 1.165) is 15.4 Å². The van der Waals surface area contributed by atoms with E-state index in [9.17, 15) is 15.2 Å². The lowest BCUT2D eigenvalue weighted by Crippen LogP contribution is -2.01. The molecule has 3 aromatic rings. The number of nitro benzene ring substituents is 1. The zero-order valence-corrected chi connectivity index (χ0v) is 15.0. The summed E-state index contributed by atoms with van der Waals surface area (Å²) in [6.07, 6.45) is 0. The number of H-pyrrole nitrogens is 1. The molecular weight excluding hydrogens is 410 g/mol. The molecule has 8 nitrogen and oxygen atoms in total. The van der Waals surface area contributed by atoms with Crippen LogP contribution in [0.1, 0.15) is 0 Å². The van der Waals surface area contributed by atoms with Crippen LogP contribution in [0.3, 0.4) is 0 Å². The summed E-state index contributed by atoms with van der Waals surface area (Å²) in [5, 5.41) is 27.6. The second-order valence-electron chi connectivity index (χ2n) is 4.64. The van der Waals surface area contributed by atoms with Crippen molar-refractivity contribution < 1.29 is 10.0 Å². The van der Waals surface area contributed by atoms with E-state index in [0.29, 0.717) is 5.69 Å². The Labute approximate surface area is 155 Å². The van der Waals surface area contributed by atoms with Crippen LogP contribution in [0.2, 0.25) is 0 Å². The molecule has 10 heteroatoms. The van der Waals surface area contributed by atoms with Crippen LogP contribution in [0.4, 0.5) is 11.4 Å². The Balaban J connectivity index is 0.000000212. The van der Waals surface area contributed by atoms with Gasteiger partial charge in [-0.15, -0.1) is 10.2 Å². The first kappa shape index (κ1) is 18.5. The minimum absolute atomic E-state index is 0.0619. The van der Waals surface area contributed by atoms with E-state index < -0.39 is 4.92 Å². The van der Waals surface area contributed by atoms with Gasteiger partial charge >= 0.3 is 0 Å². The Morgan fingerprint density at radius 2 is 1.96 bits per heavy atom. The van der Waals surface area contributed by atoms with Crippen LogP contribution in [0, 0.1) is 10.1 Å². The highest BCUT2D eigenvalue weighted by Crippen LogP contribution is 2.36. The van der Waals surface area contributed by atoms with Crippen LogP contribution in [-0.4, -0.2) is 20.1 Å². The summed E-state index contributed by atoms with van der Waals surface area (Å²) in [6, 6.07) is 13.4. The standard InChI is InChI=1S/C9H7BrN4OS.C6H5NO2/c10-4-1-2-6-5(3-4)7(8(15)12-6)13-14-9(11)16;8-7(9)6-4-2-1-3-5-6/h1-3,12,15H,(H2,11,16);1-5H. The van der Waals surface area contributed by atoms with Gasteiger partial charge in [0.1, 0.15) is 0 Å². The average Bonchev–Trinajstić information content (AvgIpc) is 2.89. The van der Waals surface area contributed by atoms with E-state index in [1.54, 1.807) is 18.2 Å². The van der Waals surface area contributed by atoms with Crippen molar-refractivity contribution in [2.24, 2.45) is 16.0 Å². The lowest BCUT2D eigenvalue weighted by molar-refractivity contribution is -0.384. The van der Waals surface area contributed by atoms with Crippen LogP contribution in [0.25, 0.3) is 10.9 Å². The summed E-state index contributed by atoms with van der Waals surface area (Å²) in [7, 11) is 0. The summed E-state index contributed by atoms with van der Waals surface area (Å²) >= 11 is 7.91. The molecule has 0 fully saturated rings. The predicted octanol–water partition coefficient (Wildman–Crippen LogP) is 4.56. The molecule has 1 aromatic heterocycles. The predicted molar refractivity (Wildman–Crippen MR) is 102 cm³/mol. The van der Waals surface area contributed by atoms with Gasteiger partial charge in [-0.3, -0.25) is 10.1 Å². The lowest BCUT2D eigenvalue weighted by Gasteiger charge is -1.92. The molecule has 1 heterocycles. The zero-order valence-electron chi connectivity index (χ0n) is 12.6. The first-order chi connectivity index (χ1) is 11.9. The first-order valence-electron chi connectivity index (χ1n) is 6.79. The van der Waals surface area contributed by atoms with Gasteiger partial charge in [0, 0.05) is 22.0 Å². The van der Waals surface area contributed by atoms with Gasteiger partial charge in [-0.25, -0.2) is 0 Å². The number of halogens is 1. The fraction of sp³-hybridized carbons (Fsp3) is 0. The van der Waals surface area contributed by atoms with Gasteiger partial charge in [-0.1, -0.05) is 34.1 Å².